The summed E-state index contributed by atoms with van der Waals surface area (Å²) in [7, 11) is 0. The van der Waals surface area contributed by atoms with Crippen molar-refractivity contribution in [3.63, 3.8) is 0 Å². The van der Waals surface area contributed by atoms with Crippen molar-refractivity contribution in [1.29, 1.82) is 0 Å². The van der Waals surface area contributed by atoms with Gasteiger partial charge in [-0.05, 0) is 55.2 Å². The van der Waals surface area contributed by atoms with Crippen molar-refractivity contribution < 1.29 is 0 Å². The molecule has 2 aliphatic rings. The summed E-state index contributed by atoms with van der Waals surface area (Å²) in [6.45, 7) is 6.83. The van der Waals surface area contributed by atoms with E-state index in [1.54, 1.807) is 0 Å². The number of allylic oxidation sites excluding steroid dienone is 2. The Hall–Kier alpha value is -3.78. The summed E-state index contributed by atoms with van der Waals surface area (Å²) in [5.74, 6) is 0. The topological polar surface area (TPSA) is 6.48 Å². The number of nitrogens with zero attached hydrogens (tertiary/aromatic N) is 2. The molecular formula is C31H28N2. The molecule has 0 spiro atoms. The van der Waals surface area contributed by atoms with E-state index in [-0.39, 0.29) is 11.6 Å². The van der Waals surface area contributed by atoms with Gasteiger partial charge in [0.05, 0.1) is 11.1 Å². The number of fused-ring (bicyclic) bond motifs is 3. The number of para-hydroxylation sites is 2. The molecule has 0 aromatic heterocycles. The molecule has 4 aromatic carbocycles. The first-order chi connectivity index (χ1) is 16.2. The van der Waals surface area contributed by atoms with Crippen LogP contribution >= 0.6 is 0 Å². The standard InChI is InChI=1S/C31H28N2/c1-22-14-10-12-20-28(22)32-23(2)30-31(25-15-6-4-7-16-25,26-17-8-5-9-18-26)27-19-11-13-21-29(27)33(30)24(32)3/h4-21,24H,1-3H3. The highest BCUT2D eigenvalue weighted by molar-refractivity contribution is 5.84. The van der Waals surface area contributed by atoms with Crippen molar-refractivity contribution in [3.05, 3.63) is 143 Å². The maximum absolute atomic E-state index is 2.57. The van der Waals surface area contributed by atoms with Crippen LogP contribution in [0.2, 0.25) is 0 Å². The SMILES string of the molecule is CC1=C2N(c3ccccc3C2(c2ccccc2)c2ccccc2)C(C)N1c1ccccc1C. The Labute approximate surface area is 196 Å². The molecule has 0 bridgehead atoms. The fraction of sp³-hybridized carbons (Fsp3) is 0.161. The molecule has 0 aliphatic carbocycles. The van der Waals surface area contributed by atoms with Gasteiger partial charge in [0.1, 0.15) is 6.17 Å². The van der Waals surface area contributed by atoms with Crippen molar-refractivity contribution in [2.45, 2.75) is 32.4 Å². The molecule has 6 rings (SSSR count). The molecule has 0 N–H and O–H groups in total. The zero-order chi connectivity index (χ0) is 22.6. The summed E-state index contributed by atoms with van der Waals surface area (Å²) in [6.07, 6.45) is 0.177. The van der Waals surface area contributed by atoms with E-state index in [1.807, 2.05) is 0 Å². The monoisotopic (exact) mass is 428 g/mol. The van der Waals surface area contributed by atoms with Crippen LogP contribution in [0.25, 0.3) is 0 Å². The summed E-state index contributed by atoms with van der Waals surface area (Å²) in [4.78, 5) is 5.08. The quantitative estimate of drug-likeness (QED) is 0.339. The van der Waals surface area contributed by atoms with E-state index in [0.717, 1.165) is 0 Å². The minimum atomic E-state index is -0.366. The normalized spacial score (nSPS) is 18.5. The summed E-state index contributed by atoms with van der Waals surface area (Å²) in [5.41, 5.74) is 10.1. The maximum Gasteiger partial charge on any atom is 0.108 e. The van der Waals surface area contributed by atoms with E-state index < -0.39 is 0 Å². The molecule has 2 heteroatoms. The molecule has 2 heterocycles. The van der Waals surface area contributed by atoms with Gasteiger partial charge in [-0.1, -0.05) is 97.1 Å². The number of hydrogen-bond donors (Lipinski definition) is 0. The van der Waals surface area contributed by atoms with Crippen LogP contribution in [0.3, 0.4) is 0 Å². The predicted molar refractivity (Wildman–Crippen MR) is 138 cm³/mol. The van der Waals surface area contributed by atoms with Gasteiger partial charge in [0.15, 0.2) is 0 Å². The largest absolute Gasteiger partial charge is 0.322 e. The molecule has 0 saturated carbocycles. The van der Waals surface area contributed by atoms with Crippen LogP contribution in [0, 0.1) is 6.92 Å². The third kappa shape index (κ3) is 2.61. The first-order valence-electron chi connectivity index (χ1n) is 11.7. The number of benzene rings is 4. The van der Waals surface area contributed by atoms with Gasteiger partial charge in [-0.15, -0.1) is 0 Å². The van der Waals surface area contributed by atoms with Crippen LogP contribution in [0.5, 0.6) is 0 Å². The van der Waals surface area contributed by atoms with E-state index in [9.17, 15) is 0 Å². The highest BCUT2D eigenvalue weighted by Gasteiger charge is 2.55. The maximum atomic E-state index is 2.57. The molecule has 162 valence electrons. The second kappa shape index (κ2) is 7.38. The highest BCUT2D eigenvalue weighted by atomic mass is 15.4. The van der Waals surface area contributed by atoms with Crippen LogP contribution in [-0.4, -0.2) is 6.17 Å². The lowest BCUT2D eigenvalue weighted by molar-refractivity contribution is 0.702. The van der Waals surface area contributed by atoms with Gasteiger partial charge in [0.25, 0.3) is 0 Å². The van der Waals surface area contributed by atoms with Crippen LogP contribution in [0.15, 0.2) is 121 Å². The molecule has 0 fully saturated rings. The Balaban J connectivity index is 1.73. The molecule has 0 amide bonds. The molecule has 2 nitrogen and oxygen atoms in total. The van der Waals surface area contributed by atoms with Crippen molar-refractivity contribution in [2.24, 2.45) is 0 Å². The van der Waals surface area contributed by atoms with Crippen LogP contribution < -0.4 is 9.80 Å². The van der Waals surface area contributed by atoms with E-state index in [4.69, 9.17) is 0 Å². The Morgan fingerprint density at radius 3 is 1.70 bits per heavy atom. The zero-order valence-electron chi connectivity index (χ0n) is 19.4. The molecule has 0 saturated heterocycles. The second-order valence-electron chi connectivity index (χ2n) is 9.09. The fourth-order valence-corrected chi connectivity index (χ4v) is 6.12. The number of rotatable bonds is 3. The summed E-state index contributed by atoms with van der Waals surface area (Å²) >= 11 is 0. The Kier molecular flexibility index (Phi) is 4.45. The second-order valence-corrected chi connectivity index (χ2v) is 9.09. The lowest BCUT2D eigenvalue weighted by Gasteiger charge is -2.34. The van der Waals surface area contributed by atoms with Crippen LogP contribution in [0.1, 0.15) is 36.1 Å². The van der Waals surface area contributed by atoms with Gasteiger partial charge in [-0.2, -0.15) is 0 Å². The van der Waals surface area contributed by atoms with E-state index >= 15 is 0 Å². The van der Waals surface area contributed by atoms with Gasteiger partial charge in [-0.25, -0.2) is 0 Å². The fourth-order valence-electron chi connectivity index (χ4n) is 6.12. The van der Waals surface area contributed by atoms with Gasteiger partial charge in [-0.3, -0.25) is 0 Å². The molecule has 1 atom stereocenters. The summed E-state index contributed by atoms with van der Waals surface area (Å²) in [5, 5.41) is 0. The molecule has 0 radical (unpaired) electrons. The third-order valence-electron chi connectivity index (χ3n) is 7.40. The molecule has 1 unspecified atom stereocenters. The van der Waals surface area contributed by atoms with Gasteiger partial charge in [0, 0.05) is 17.1 Å². The minimum absolute atomic E-state index is 0.177. The molecule has 4 aromatic rings. The van der Waals surface area contributed by atoms with Crippen LogP contribution in [0.4, 0.5) is 11.4 Å². The first-order valence-corrected chi connectivity index (χ1v) is 11.7. The first kappa shape index (κ1) is 19.9. The van der Waals surface area contributed by atoms with Crippen molar-refractivity contribution in [1.82, 2.24) is 0 Å². The average molecular weight is 429 g/mol. The molecule has 2 aliphatic heterocycles. The molecular weight excluding hydrogens is 400 g/mol. The Bertz CT molecular complexity index is 1310. The van der Waals surface area contributed by atoms with Crippen molar-refractivity contribution in [3.8, 4) is 0 Å². The summed E-state index contributed by atoms with van der Waals surface area (Å²) < 4.78 is 0. The summed E-state index contributed by atoms with van der Waals surface area (Å²) in [6, 6.07) is 39.7. The lowest BCUT2D eigenvalue weighted by Crippen LogP contribution is -2.38. The Morgan fingerprint density at radius 1 is 0.576 bits per heavy atom. The van der Waals surface area contributed by atoms with Crippen molar-refractivity contribution >= 4 is 11.4 Å². The highest BCUT2D eigenvalue weighted by Crippen LogP contribution is 2.60. The minimum Gasteiger partial charge on any atom is -0.322 e. The number of aryl methyl sites for hydroxylation is 1. The number of hydrogen-bond acceptors (Lipinski definition) is 2. The van der Waals surface area contributed by atoms with Crippen LogP contribution in [-0.2, 0) is 5.41 Å². The average Bonchev–Trinajstić information content (AvgIpc) is 3.31. The molecule has 33 heavy (non-hydrogen) atoms. The van der Waals surface area contributed by atoms with Gasteiger partial charge in [0.2, 0.25) is 0 Å². The third-order valence-corrected chi connectivity index (χ3v) is 7.40. The predicted octanol–water partition coefficient (Wildman–Crippen LogP) is 7.25. The van der Waals surface area contributed by atoms with E-state index in [0.29, 0.717) is 0 Å². The van der Waals surface area contributed by atoms with Gasteiger partial charge < -0.3 is 9.80 Å². The van der Waals surface area contributed by atoms with E-state index in [1.165, 1.54) is 45.0 Å². The van der Waals surface area contributed by atoms with E-state index in [2.05, 4.69) is 140 Å². The zero-order valence-corrected chi connectivity index (χ0v) is 19.4. The smallest absolute Gasteiger partial charge is 0.108 e. The lowest BCUT2D eigenvalue weighted by atomic mass is 9.68. The number of anilines is 2. The van der Waals surface area contributed by atoms with Crippen molar-refractivity contribution in [2.75, 3.05) is 9.80 Å². The van der Waals surface area contributed by atoms with Gasteiger partial charge >= 0.3 is 0 Å². The Morgan fingerprint density at radius 2 is 1.09 bits per heavy atom.